The molecule has 4 heteroatoms. The van der Waals surface area contributed by atoms with E-state index >= 15 is 0 Å². The van der Waals surface area contributed by atoms with Crippen molar-refractivity contribution in [2.45, 2.75) is 44.8 Å². The van der Waals surface area contributed by atoms with Crippen LogP contribution in [0.2, 0.25) is 0 Å². The van der Waals surface area contributed by atoms with E-state index in [9.17, 15) is 0 Å². The summed E-state index contributed by atoms with van der Waals surface area (Å²) < 4.78 is 0. The van der Waals surface area contributed by atoms with Gasteiger partial charge in [-0.25, -0.2) is 0 Å². The van der Waals surface area contributed by atoms with Crippen LogP contribution >= 0.6 is 0 Å². The van der Waals surface area contributed by atoms with Crippen molar-refractivity contribution < 1.29 is 0 Å². The Balaban J connectivity index is 1.70. The van der Waals surface area contributed by atoms with E-state index in [0.29, 0.717) is 6.04 Å². The fourth-order valence-corrected chi connectivity index (χ4v) is 2.54. The Kier molecular flexibility index (Phi) is 4.38. The van der Waals surface area contributed by atoms with Gasteiger partial charge < -0.3 is 0 Å². The van der Waals surface area contributed by atoms with Crippen molar-refractivity contribution in [3.8, 4) is 6.07 Å². The molecule has 0 radical (unpaired) electrons. The highest BCUT2D eigenvalue weighted by molar-refractivity contribution is 4.94. The van der Waals surface area contributed by atoms with Crippen LogP contribution in [0.3, 0.4) is 0 Å². The van der Waals surface area contributed by atoms with Crippen LogP contribution in [0.5, 0.6) is 0 Å². The van der Waals surface area contributed by atoms with Gasteiger partial charge in [0.2, 0.25) is 0 Å². The van der Waals surface area contributed by atoms with Crippen LogP contribution in [0.25, 0.3) is 0 Å². The third-order valence-corrected chi connectivity index (χ3v) is 3.60. The number of piperazine rings is 1. The number of nitrogens with zero attached hydrogens (tertiary/aromatic N) is 3. The summed E-state index contributed by atoms with van der Waals surface area (Å²) >= 11 is 0. The summed E-state index contributed by atoms with van der Waals surface area (Å²) in [5, 5.41) is 12.4. The van der Waals surface area contributed by atoms with Gasteiger partial charge in [-0.05, 0) is 26.7 Å². The predicted molar refractivity (Wildman–Crippen MR) is 68.7 cm³/mol. The first-order valence-corrected chi connectivity index (χ1v) is 6.81. The van der Waals surface area contributed by atoms with Gasteiger partial charge in [0, 0.05) is 44.8 Å². The molecule has 1 aliphatic carbocycles. The predicted octanol–water partition coefficient (Wildman–Crippen LogP) is 0.657. The Morgan fingerprint density at radius 3 is 2.35 bits per heavy atom. The molecule has 2 rings (SSSR count). The minimum Gasteiger partial charge on any atom is -0.299 e. The van der Waals surface area contributed by atoms with Gasteiger partial charge in [-0.15, -0.1) is 0 Å². The lowest BCUT2D eigenvalue weighted by atomic mass is 10.2. The number of rotatable bonds is 5. The Morgan fingerprint density at radius 1 is 1.24 bits per heavy atom. The molecule has 0 bridgehead atoms. The monoisotopic (exact) mass is 236 g/mol. The van der Waals surface area contributed by atoms with Gasteiger partial charge in [0.05, 0.1) is 6.07 Å². The molecule has 1 unspecified atom stereocenters. The minimum absolute atomic E-state index is 0.0255. The SMILES string of the molecule is CC(C)NC(C#N)CN1CCN(C2CC2)CC1. The number of nitriles is 1. The molecule has 4 nitrogen and oxygen atoms in total. The van der Waals surface area contributed by atoms with Crippen LogP contribution in [0, 0.1) is 11.3 Å². The summed E-state index contributed by atoms with van der Waals surface area (Å²) in [4.78, 5) is 5.02. The molecule has 1 heterocycles. The second kappa shape index (κ2) is 5.81. The summed E-state index contributed by atoms with van der Waals surface area (Å²) in [5.41, 5.74) is 0. The van der Waals surface area contributed by atoms with E-state index in [2.05, 4.69) is 35.0 Å². The van der Waals surface area contributed by atoms with Crippen molar-refractivity contribution in [1.82, 2.24) is 15.1 Å². The number of nitrogens with one attached hydrogen (secondary N) is 1. The molecule has 0 aromatic carbocycles. The first kappa shape index (κ1) is 12.8. The van der Waals surface area contributed by atoms with E-state index < -0.39 is 0 Å². The molecule has 1 aliphatic heterocycles. The highest BCUT2D eigenvalue weighted by atomic mass is 15.3. The van der Waals surface area contributed by atoms with Gasteiger partial charge >= 0.3 is 0 Å². The standard InChI is InChI=1S/C13H24N4/c1-11(2)15-12(9-14)10-16-5-7-17(8-6-16)13-3-4-13/h11-13,15H,3-8,10H2,1-2H3. The quantitative estimate of drug-likeness (QED) is 0.761. The molecule has 0 aromatic heterocycles. The zero-order valence-electron chi connectivity index (χ0n) is 11.0. The number of hydrogen-bond donors (Lipinski definition) is 1. The first-order chi connectivity index (χ1) is 8.19. The summed E-state index contributed by atoms with van der Waals surface area (Å²) in [6.45, 7) is 9.66. The van der Waals surface area contributed by atoms with Crippen molar-refractivity contribution in [3.05, 3.63) is 0 Å². The van der Waals surface area contributed by atoms with Crippen molar-refractivity contribution in [1.29, 1.82) is 5.26 Å². The van der Waals surface area contributed by atoms with Gasteiger partial charge in [0.15, 0.2) is 0 Å². The Labute approximate surface area is 105 Å². The summed E-state index contributed by atoms with van der Waals surface area (Å²) in [6.07, 6.45) is 2.80. The van der Waals surface area contributed by atoms with E-state index in [4.69, 9.17) is 5.26 Å². The fraction of sp³-hybridized carbons (Fsp3) is 0.923. The van der Waals surface area contributed by atoms with E-state index in [0.717, 1.165) is 25.7 Å². The van der Waals surface area contributed by atoms with E-state index in [-0.39, 0.29) is 6.04 Å². The minimum atomic E-state index is -0.0255. The average molecular weight is 236 g/mol. The third-order valence-electron chi connectivity index (χ3n) is 3.60. The van der Waals surface area contributed by atoms with E-state index in [1.54, 1.807) is 0 Å². The normalized spacial score (nSPS) is 24.8. The molecule has 96 valence electrons. The van der Waals surface area contributed by atoms with Gasteiger partial charge in [0.25, 0.3) is 0 Å². The van der Waals surface area contributed by atoms with Crippen LogP contribution in [0.1, 0.15) is 26.7 Å². The third kappa shape index (κ3) is 3.95. The van der Waals surface area contributed by atoms with Crippen molar-refractivity contribution >= 4 is 0 Å². The molecular weight excluding hydrogens is 212 g/mol. The largest absolute Gasteiger partial charge is 0.299 e. The molecule has 0 amide bonds. The molecule has 2 fully saturated rings. The van der Waals surface area contributed by atoms with Crippen LogP contribution in [0.15, 0.2) is 0 Å². The Hall–Kier alpha value is -0.630. The maximum absolute atomic E-state index is 9.11. The maximum atomic E-state index is 9.11. The maximum Gasteiger partial charge on any atom is 0.108 e. The first-order valence-electron chi connectivity index (χ1n) is 6.81. The summed E-state index contributed by atoms with van der Waals surface area (Å²) in [7, 11) is 0. The molecule has 0 spiro atoms. The summed E-state index contributed by atoms with van der Waals surface area (Å²) in [5.74, 6) is 0. The topological polar surface area (TPSA) is 42.3 Å². The molecule has 1 saturated carbocycles. The molecule has 0 aromatic rings. The van der Waals surface area contributed by atoms with E-state index in [1.165, 1.54) is 25.9 Å². The van der Waals surface area contributed by atoms with Crippen LogP contribution < -0.4 is 5.32 Å². The van der Waals surface area contributed by atoms with Gasteiger partial charge in [-0.3, -0.25) is 15.1 Å². The zero-order chi connectivity index (χ0) is 12.3. The highest BCUT2D eigenvalue weighted by Crippen LogP contribution is 2.27. The van der Waals surface area contributed by atoms with Crippen molar-refractivity contribution in [2.24, 2.45) is 0 Å². The smallest absolute Gasteiger partial charge is 0.108 e. The van der Waals surface area contributed by atoms with Crippen molar-refractivity contribution in [3.63, 3.8) is 0 Å². The second-order valence-electron chi connectivity index (χ2n) is 5.57. The Bertz CT molecular complexity index is 272. The molecule has 1 atom stereocenters. The average Bonchev–Trinajstić information content (AvgIpc) is 3.12. The van der Waals surface area contributed by atoms with Crippen LogP contribution in [-0.4, -0.2) is 60.6 Å². The zero-order valence-corrected chi connectivity index (χ0v) is 11.0. The fourth-order valence-electron chi connectivity index (χ4n) is 2.54. The lowest BCUT2D eigenvalue weighted by Gasteiger charge is -2.35. The molecule has 1 saturated heterocycles. The van der Waals surface area contributed by atoms with E-state index in [1.807, 2.05) is 0 Å². The Morgan fingerprint density at radius 2 is 1.88 bits per heavy atom. The van der Waals surface area contributed by atoms with Crippen LogP contribution in [-0.2, 0) is 0 Å². The molecule has 2 aliphatic rings. The van der Waals surface area contributed by atoms with Crippen molar-refractivity contribution in [2.75, 3.05) is 32.7 Å². The lowest BCUT2D eigenvalue weighted by Crippen LogP contribution is -2.51. The van der Waals surface area contributed by atoms with Crippen LogP contribution in [0.4, 0.5) is 0 Å². The van der Waals surface area contributed by atoms with Gasteiger partial charge in [0.1, 0.15) is 6.04 Å². The van der Waals surface area contributed by atoms with Gasteiger partial charge in [-0.2, -0.15) is 5.26 Å². The highest BCUT2D eigenvalue weighted by Gasteiger charge is 2.31. The second-order valence-corrected chi connectivity index (χ2v) is 5.57. The molecule has 17 heavy (non-hydrogen) atoms. The lowest BCUT2D eigenvalue weighted by molar-refractivity contribution is 0.121. The summed E-state index contributed by atoms with van der Waals surface area (Å²) in [6, 6.07) is 3.60. The molecule has 1 N–H and O–H groups in total. The van der Waals surface area contributed by atoms with Gasteiger partial charge in [-0.1, -0.05) is 0 Å². The number of hydrogen-bond acceptors (Lipinski definition) is 4. The molecular formula is C13H24N4.